The Bertz CT molecular complexity index is 537. The first-order valence-corrected chi connectivity index (χ1v) is 8.20. The van der Waals surface area contributed by atoms with Crippen LogP contribution in [0.5, 0.6) is 0 Å². The fraction of sp³-hybridized carbons (Fsp3) is 0.667. The Kier molecular flexibility index (Phi) is 4.55. The van der Waals surface area contributed by atoms with Gasteiger partial charge >= 0.3 is 0 Å². The van der Waals surface area contributed by atoms with Crippen LogP contribution in [-0.2, 0) is 20.6 Å². The van der Waals surface area contributed by atoms with Crippen molar-refractivity contribution in [2.75, 3.05) is 27.3 Å². The maximum absolute atomic E-state index is 12.4. The average Bonchev–Trinajstić information content (AvgIpc) is 3.14. The molecule has 0 spiro atoms. The van der Waals surface area contributed by atoms with Gasteiger partial charge < -0.3 is 9.30 Å². The molecule has 0 aromatic carbocycles. The zero-order valence-corrected chi connectivity index (χ0v) is 12.7. The lowest BCUT2D eigenvalue weighted by molar-refractivity contribution is 0.185. The zero-order valence-electron chi connectivity index (χ0n) is 11.2. The van der Waals surface area contributed by atoms with Crippen LogP contribution in [0.15, 0.2) is 17.2 Å². The van der Waals surface area contributed by atoms with Crippen LogP contribution in [0.4, 0.5) is 0 Å². The number of likely N-dealkylation sites (N-methyl/N-ethyl adjacent to an activating group) is 1. The van der Waals surface area contributed by atoms with E-state index in [0.29, 0.717) is 30.0 Å². The Balaban J connectivity index is 2.24. The van der Waals surface area contributed by atoms with Crippen LogP contribution < -0.4 is 0 Å². The van der Waals surface area contributed by atoms with Crippen molar-refractivity contribution in [3.63, 3.8) is 0 Å². The van der Waals surface area contributed by atoms with Crippen molar-refractivity contribution in [2.24, 2.45) is 0 Å². The molecule has 1 saturated carbocycles. The molecule has 1 aromatic rings. The van der Waals surface area contributed by atoms with E-state index in [1.54, 1.807) is 26.4 Å². The van der Waals surface area contributed by atoms with Crippen LogP contribution in [0.25, 0.3) is 0 Å². The Morgan fingerprint density at radius 3 is 2.74 bits per heavy atom. The van der Waals surface area contributed by atoms with Gasteiger partial charge in [-0.05, 0) is 18.9 Å². The summed E-state index contributed by atoms with van der Waals surface area (Å²) in [7, 11) is -0.345. The molecule has 0 unspecified atom stereocenters. The zero-order chi connectivity index (χ0) is 14.0. The molecule has 108 valence electrons. The highest BCUT2D eigenvalue weighted by Gasteiger charge is 2.29. The minimum Gasteiger partial charge on any atom is -0.383 e. The van der Waals surface area contributed by atoms with Crippen LogP contribution in [0, 0.1) is 0 Å². The van der Waals surface area contributed by atoms with Crippen molar-refractivity contribution in [3.8, 4) is 0 Å². The van der Waals surface area contributed by atoms with Gasteiger partial charge in [-0.3, -0.25) is 0 Å². The van der Waals surface area contributed by atoms with E-state index in [1.807, 2.05) is 4.57 Å². The number of nitrogens with zero attached hydrogens (tertiary/aromatic N) is 2. The molecular formula is C12H19ClN2O3S. The Hall–Kier alpha value is -0.560. The first kappa shape index (κ1) is 14.8. The highest BCUT2D eigenvalue weighted by atomic mass is 35.5. The first-order valence-electron chi connectivity index (χ1n) is 6.22. The lowest BCUT2D eigenvalue weighted by atomic mass is 10.5. The predicted octanol–water partition coefficient (Wildman–Crippen LogP) is 1.83. The molecule has 19 heavy (non-hydrogen) atoms. The third-order valence-corrected chi connectivity index (χ3v) is 5.40. The summed E-state index contributed by atoms with van der Waals surface area (Å²) in [4.78, 5) is 0.314. The predicted molar refractivity (Wildman–Crippen MR) is 74.0 cm³/mol. The average molecular weight is 307 g/mol. The summed E-state index contributed by atoms with van der Waals surface area (Å²) >= 11 is 5.88. The molecule has 0 N–H and O–H groups in total. The van der Waals surface area contributed by atoms with Gasteiger partial charge in [0.05, 0.1) is 12.5 Å². The summed E-state index contributed by atoms with van der Waals surface area (Å²) in [6.45, 7) is 0.713. The summed E-state index contributed by atoms with van der Waals surface area (Å²) < 4.78 is 33.0. The van der Waals surface area contributed by atoms with Gasteiger partial charge in [0.1, 0.15) is 4.90 Å². The van der Waals surface area contributed by atoms with Crippen LogP contribution in [0.2, 0.25) is 0 Å². The van der Waals surface area contributed by atoms with Crippen LogP contribution >= 0.6 is 11.6 Å². The maximum atomic E-state index is 12.4. The van der Waals surface area contributed by atoms with E-state index >= 15 is 0 Å². The highest BCUT2D eigenvalue weighted by Crippen LogP contribution is 2.37. The van der Waals surface area contributed by atoms with E-state index in [0.717, 1.165) is 18.5 Å². The van der Waals surface area contributed by atoms with Gasteiger partial charge in [-0.1, -0.05) is 0 Å². The normalized spacial score (nSPS) is 16.2. The molecule has 0 saturated heterocycles. The second-order valence-electron chi connectivity index (χ2n) is 4.76. The molecule has 5 nitrogen and oxygen atoms in total. The molecular weight excluding hydrogens is 288 g/mol. The van der Waals surface area contributed by atoms with E-state index in [2.05, 4.69) is 0 Å². The van der Waals surface area contributed by atoms with Crippen molar-refractivity contribution in [2.45, 2.75) is 29.7 Å². The minimum absolute atomic E-state index is 0.314. The van der Waals surface area contributed by atoms with Gasteiger partial charge in [0.15, 0.2) is 0 Å². The lowest BCUT2D eigenvalue weighted by Crippen LogP contribution is -2.29. The van der Waals surface area contributed by atoms with Crippen LogP contribution in [0.3, 0.4) is 0 Å². The molecule has 0 amide bonds. The quantitative estimate of drug-likeness (QED) is 0.722. The molecule has 7 heteroatoms. The number of sulfonamides is 1. The summed E-state index contributed by atoms with van der Waals surface area (Å²) in [5.74, 6) is 0.327. The lowest BCUT2D eigenvalue weighted by Gasteiger charge is -2.15. The van der Waals surface area contributed by atoms with Crippen molar-refractivity contribution < 1.29 is 13.2 Å². The number of hydrogen-bond acceptors (Lipinski definition) is 3. The van der Waals surface area contributed by atoms with Gasteiger partial charge in [-0.2, -0.15) is 4.31 Å². The van der Waals surface area contributed by atoms with Crippen molar-refractivity contribution in [3.05, 3.63) is 18.0 Å². The summed E-state index contributed by atoms with van der Waals surface area (Å²) in [6.07, 6.45) is 3.89. The number of methoxy groups -OCH3 is 1. The van der Waals surface area contributed by atoms with Gasteiger partial charge in [-0.15, -0.1) is 11.6 Å². The molecule has 0 atom stereocenters. The summed E-state index contributed by atoms with van der Waals surface area (Å²) in [5, 5.41) is 0. The van der Waals surface area contributed by atoms with E-state index < -0.39 is 10.0 Å². The molecule has 1 aliphatic rings. The monoisotopic (exact) mass is 306 g/mol. The smallest absolute Gasteiger partial charge is 0.244 e. The fourth-order valence-corrected chi connectivity index (χ4v) is 3.38. The number of aromatic nitrogens is 1. The second-order valence-corrected chi connectivity index (χ2v) is 7.07. The van der Waals surface area contributed by atoms with Gasteiger partial charge in [0.2, 0.25) is 10.0 Å². The van der Waals surface area contributed by atoms with Crippen molar-refractivity contribution >= 4 is 21.6 Å². The third kappa shape index (κ3) is 3.13. The van der Waals surface area contributed by atoms with Gasteiger partial charge in [-0.25, -0.2) is 8.42 Å². The molecule has 0 aliphatic heterocycles. The van der Waals surface area contributed by atoms with Gasteiger partial charge in [0.25, 0.3) is 0 Å². The Morgan fingerprint density at radius 1 is 1.53 bits per heavy atom. The van der Waals surface area contributed by atoms with E-state index in [4.69, 9.17) is 16.3 Å². The minimum atomic E-state index is -3.45. The fourth-order valence-electron chi connectivity index (χ4n) is 1.96. The largest absolute Gasteiger partial charge is 0.383 e. The molecule has 1 aromatic heterocycles. The molecule has 1 aliphatic carbocycles. The Morgan fingerprint density at radius 2 is 2.21 bits per heavy atom. The SMILES string of the molecule is COCCN(C)S(=O)(=O)c1cc(CCl)n(C2CC2)c1. The molecule has 1 heterocycles. The standard InChI is InChI=1S/C12H19ClN2O3S/c1-14(5-6-18-2)19(16,17)12-7-11(8-13)15(9-12)10-3-4-10/h7,9-10H,3-6,8H2,1-2H3. The second kappa shape index (κ2) is 5.83. The molecule has 1 fully saturated rings. The van der Waals surface area contributed by atoms with E-state index in [9.17, 15) is 8.42 Å². The van der Waals surface area contributed by atoms with Crippen LogP contribution in [0.1, 0.15) is 24.6 Å². The van der Waals surface area contributed by atoms with Gasteiger partial charge in [0, 0.05) is 38.6 Å². The van der Waals surface area contributed by atoms with Crippen LogP contribution in [-0.4, -0.2) is 44.6 Å². The highest BCUT2D eigenvalue weighted by molar-refractivity contribution is 7.89. The number of rotatable bonds is 7. The number of hydrogen-bond donors (Lipinski definition) is 0. The molecule has 0 bridgehead atoms. The number of halogens is 1. The Labute approximate surface area is 119 Å². The number of alkyl halides is 1. The topological polar surface area (TPSA) is 51.5 Å². The van der Waals surface area contributed by atoms with Crippen molar-refractivity contribution in [1.82, 2.24) is 8.87 Å². The van der Waals surface area contributed by atoms with E-state index in [1.165, 1.54) is 4.31 Å². The maximum Gasteiger partial charge on any atom is 0.244 e. The van der Waals surface area contributed by atoms with E-state index in [-0.39, 0.29) is 0 Å². The summed E-state index contributed by atoms with van der Waals surface area (Å²) in [6, 6.07) is 2.09. The number of ether oxygens (including phenoxy) is 1. The third-order valence-electron chi connectivity index (χ3n) is 3.30. The molecule has 0 radical (unpaired) electrons. The molecule has 2 rings (SSSR count). The summed E-state index contributed by atoms with van der Waals surface area (Å²) in [5.41, 5.74) is 0.864. The first-order chi connectivity index (χ1) is 9.00. The van der Waals surface area contributed by atoms with Crippen molar-refractivity contribution in [1.29, 1.82) is 0 Å².